The number of hydrogen-bond donors (Lipinski definition) is 2. The van der Waals surface area contributed by atoms with Gasteiger partial charge in [-0.2, -0.15) is 5.10 Å². The van der Waals surface area contributed by atoms with Gasteiger partial charge >= 0.3 is 0 Å². The van der Waals surface area contributed by atoms with Crippen LogP contribution in [0.5, 0.6) is 0 Å². The molecule has 0 fully saturated rings. The van der Waals surface area contributed by atoms with Crippen molar-refractivity contribution in [1.29, 1.82) is 0 Å². The number of carbonyl (C=O) groups is 1. The van der Waals surface area contributed by atoms with Crippen LogP contribution in [0, 0.1) is 0 Å². The maximum absolute atomic E-state index is 12.0. The first kappa shape index (κ1) is 16.0. The van der Waals surface area contributed by atoms with E-state index in [2.05, 4.69) is 41.5 Å². The van der Waals surface area contributed by atoms with Crippen LogP contribution in [0.15, 0.2) is 35.2 Å². The van der Waals surface area contributed by atoms with Crippen LogP contribution in [0.25, 0.3) is 0 Å². The van der Waals surface area contributed by atoms with Crippen LogP contribution in [0.3, 0.4) is 0 Å². The predicted octanol–water partition coefficient (Wildman–Crippen LogP) is 3.37. The van der Waals surface area contributed by atoms with Crippen molar-refractivity contribution in [1.82, 2.24) is 25.0 Å². The maximum Gasteiger partial charge on any atom is 0.277 e. The SMILES string of the molecule is O=C(Nc1ncn(Cc2ccc(Cl)c(Cl)c2)n1)c1[nH]ncc1Br. The van der Waals surface area contributed by atoms with E-state index in [4.69, 9.17) is 23.2 Å². The number of carbonyl (C=O) groups excluding carboxylic acids is 1. The van der Waals surface area contributed by atoms with Crippen molar-refractivity contribution in [2.45, 2.75) is 6.54 Å². The summed E-state index contributed by atoms with van der Waals surface area (Å²) in [5.74, 6) is -0.196. The van der Waals surface area contributed by atoms with Crippen LogP contribution >= 0.6 is 39.1 Å². The molecule has 23 heavy (non-hydrogen) atoms. The lowest BCUT2D eigenvalue weighted by atomic mass is 10.2. The number of amides is 1. The van der Waals surface area contributed by atoms with E-state index in [1.165, 1.54) is 12.5 Å². The molecule has 2 N–H and O–H groups in total. The topological polar surface area (TPSA) is 88.5 Å². The van der Waals surface area contributed by atoms with Crippen molar-refractivity contribution < 1.29 is 4.79 Å². The Morgan fingerprint density at radius 1 is 1.35 bits per heavy atom. The number of rotatable bonds is 4. The molecule has 0 aliphatic heterocycles. The number of nitrogens with one attached hydrogen (secondary N) is 2. The molecule has 0 aliphatic carbocycles. The lowest BCUT2D eigenvalue weighted by Crippen LogP contribution is -2.14. The molecule has 1 aromatic carbocycles. The summed E-state index contributed by atoms with van der Waals surface area (Å²) >= 11 is 15.1. The second-order valence-electron chi connectivity index (χ2n) is 4.56. The first-order valence-corrected chi connectivity index (χ1v) is 7.91. The van der Waals surface area contributed by atoms with Crippen molar-refractivity contribution in [3.8, 4) is 0 Å². The van der Waals surface area contributed by atoms with Crippen molar-refractivity contribution in [3.63, 3.8) is 0 Å². The third-order valence-corrected chi connectivity index (χ3v) is 4.25. The number of benzene rings is 1. The maximum atomic E-state index is 12.0. The van der Waals surface area contributed by atoms with Gasteiger partial charge in [0.05, 0.1) is 27.3 Å². The largest absolute Gasteiger partial charge is 0.288 e. The van der Waals surface area contributed by atoms with Gasteiger partial charge in [-0.3, -0.25) is 15.2 Å². The molecule has 2 aromatic heterocycles. The minimum absolute atomic E-state index is 0.191. The number of hydrogen-bond acceptors (Lipinski definition) is 4. The van der Waals surface area contributed by atoms with Gasteiger partial charge in [-0.05, 0) is 33.6 Å². The molecule has 0 bridgehead atoms. The summed E-state index contributed by atoms with van der Waals surface area (Å²) in [6.07, 6.45) is 3.01. The Labute approximate surface area is 149 Å². The van der Waals surface area contributed by atoms with Gasteiger partial charge in [0, 0.05) is 0 Å². The molecule has 0 unspecified atom stereocenters. The molecule has 0 saturated carbocycles. The van der Waals surface area contributed by atoms with E-state index < -0.39 is 0 Å². The van der Waals surface area contributed by atoms with Crippen LogP contribution in [-0.4, -0.2) is 30.9 Å². The Hall–Kier alpha value is -1.90. The standard InChI is InChI=1S/C13H9BrCl2N6O/c14-8-4-18-20-11(8)12(23)19-13-17-6-22(21-13)5-7-1-2-9(15)10(16)3-7/h1-4,6H,5H2,(H,18,20)(H,19,21,23). The molecule has 0 atom stereocenters. The third-order valence-electron chi connectivity index (χ3n) is 2.91. The highest BCUT2D eigenvalue weighted by Gasteiger charge is 2.14. The average Bonchev–Trinajstić information content (AvgIpc) is 3.12. The fraction of sp³-hybridized carbons (Fsp3) is 0.0769. The molecular formula is C13H9BrCl2N6O. The summed E-state index contributed by atoms with van der Waals surface area (Å²) in [4.78, 5) is 16.1. The number of nitrogens with zero attached hydrogens (tertiary/aromatic N) is 4. The van der Waals surface area contributed by atoms with E-state index in [9.17, 15) is 4.79 Å². The van der Waals surface area contributed by atoms with Crippen molar-refractivity contribution in [2.75, 3.05) is 5.32 Å². The number of anilines is 1. The summed E-state index contributed by atoms with van der Waals surface area (Å²) in [5.41, 5.74) is 1.21. The van der Waals surface area contributed by atoms with E-state index in [1.807, 2.05) is 6.07 Å². The molecule has 0 aliphatic rings. The van der Waals surface area contributed by atoms with Crippen LogP contribution in [0.1, 0.15) is 16.1 Å². The number of aromatic nitrogens is 5. The number of aromatic amines is 1. The summed E-state index contributed by atoms with van der Waals surface area (Å²) in [6, 6.07) is 5.32. The van der Waals surface area contributed by atoms with Gasteiger partial charge in [-0.25, -0.2) is 9.67 Å². The van der Waals surface area contributed by atoms with Gasteiger partial charge < -0.3 is 0 Å². The van der Waals surface area contributed by atoms with Gasteiger partial charge in [0.25, 0.3) is 5.91 Å². The Kier molecular flexibility index (Phi) is 4.65. The van der Waals surface area contributed by atoms with Gasteiger partial charge in [0.1, 0.15) is 12.0 Å². The molecule has 0 saturated heterocycles. The van der Waals surface area contributed by atoms with Gasteiger partial charge in [0.2, 0.25) is 5.95 Å². The summed E-state index contributed by atoms with van der Waals surface area (Å²) in [7, 11) is 0. The Morgan fingerprint density at radius 2 is 2.17 bits per heavy atom. The van der Waals surface area contributed by atoms with E-state index in [1.54, 1.807) is 16.8 Å². The summed E-state index contributed by atoms with van der Waals surface area (Å²) < 4.78 is 2.14. The van der Waals surface area contributed by atoms with Gasteiger partial charge in [-0.1, -0.05) is 29.3 Å². The van der Waals surface area contributed by atoms with E-state index in [0.717, 1.165) is 5.56 Å². The fourth-order valence-electron chi connectivity index (χ4n) is 1.85. The third kappa shape index (κ3) is 3.72. The first-order chi connectivity index (χ1) is 11.0. The zero-order valence-corrected chi connectivity index (χ0v) is 14.5. The lowest BCUT2D eigenvalue weighted by Gasteiger charge is -2.03. The minimum Gasteiger partial charge on any atom is -0.288 e. The zero-order valence-electron chi connectivity index (χ0n) is 11.4. The molecular weight excluding hydrogens is 407 g/mol. The highest BCUT2D eigenvalue weighted by molar-refractivity contribution is 9.10. The molecule has 0 radical (unpaired) electrons. The smallest absolute Gasteiger partial charge is 0.277 e. The van der Waals surface area contributed by atoms with Crippen LogP contribution in [0.4, 0.5) is 5.95 Å². The first-order valence-electron chi connectivity index (χ1n) is 6.36. The highest BCUT2D eigenvalue weighted by atomic mass is 79.9. The fourth-order valence-corrected chi connectivity index (χ4v) is 2.54. The molecule has 10 heteroatoms. The van der Waals surface area contributed by atoms with Crippen LogP contribution in [0.2, 0.25) is 10.0 Å². The van der Waals surface area contributed by atoms with E-state index in [-0.39, 0.29) is 11.9 Å². The monoisotopic (exact) mass is 414 g/mol. The molecule has 3 rings (SSSR count). The van der Waals surface area contributed by atoms with E-state index in [0.29, 0.717) is 26.8 Å². The molecule has 2 heterocycles. The average molecular weight is 416 g/mol. The number of H-pyrrole nitrogens is 1. The second kappa shape index (κ2) is 6.69. The van der Waals surface area contributed by atoms with Gasteiger partial charge in [0.15, 0.2) is 0 Å². The van der Waals surface area contributed by atoms with Crippen molar-refractivity contribution in [2.24, 2.45) is 0 Å². The normalized spacial score (nSPS) is 10.7. The highest BCUT2D eigenvalue weighted by Crippen LogP contribution is 2.23. The van der Waals surface area contributed by atoms with Crippen LogP contribution < -0.4 is 5.32 Å². The molecule has 3 aromatic rings. The Balaban J connectivity index is 1.69. The zero-order chi connectivity index (χ0) is 16.4. The van der Waals surface area contributed by atoms with Crippen molar-refractivity contribution >= 4 is 51.0 Å². The second-order valence-corrected chi connectivity index (χ2v) is 6.23. The minimum atomic E-state index is -0.387. The number of halogens is 3. The molecule has 118 valence electrons. The Morgan fingerprint density at radius 3 is 2.87 bits per heavy atom. The van der Waals surface area contributed by atoms with E-state index >= 15 is 0 Å². The summed E-state index contributed by atoms with van der Waals surface area (Å²) in [6.45, 7) is 0.452. The van der Waals surface area contributed by atoms with Gasteiger partial charge in [-0.15, -0.1) is 5.10 Å². The predicted molar refractivity (Wildman–Crippen MR) is 89.8 cm³/mol. The molecule has 0 spiro atoms. The molecule has 1 amide bonds. The van der Waals surface area contributed by atoms with Crippen LogP contribution in [-0.2, 0) is 6.54 Å². The lowest BCUT2D eigenvalue weighted by molar-refractivity contribution is 0.102. The molecule has 7 nitrogen and oxygen atoms in total. The summed E-state index contributed by atoms with van der Waals surface area (Å²) in [5, 5.41) is 14.1. The Bertz CT molecular complexity index is 862. The quantitative estimate of drug-likeness (QED) is 0.683. The van der Waals surface area contributed by atoms with Crippen molar-refractivity contribution in [3.05, 3.63) is 56.5 Å².